The maximum Gasteiger partial charge on any atom is 0.302 e. The smallest absolute Gasteiger partial charge is 0.302 e. The van der Waals surface area contributed by atoms with Gasteiger partial charge >= 0.3 is 5.97 Å². The van der Waals surface area contributed by atoms with E-state index in [4.69, 9.17) is 4.74 Å². The van der Waals surface area contributed by atoms with Gasteiger partial charge in [0, 0.05) is 26.4 Å². The van der Waals surface area contributed by atoms with Crippen molar-refractivity contribution in [2.45, 2.75) is 6.92 Å². The monoisotopic (exact) mass is 210 g/mol. The molecular weight excluding hydrogens is 195 g/mol. The molecule has 0 unspecified atom stereocenters. The molecule has 0 spiro atoms. The zero-order valence-electron chi connectivity index (χ0n) is 7.89. The largest absolute Gasteiger partial charge is 0.460 e. The molecule has 0 amide bonds. The molecular formula is C7H16NO2Zn+. The van der Waals surface area contributed by atoms with Crippen LogP contribution < -0.4 is 0 Å². The molecule has 0 saturated carbocycles. The van der Waals surface area contributed by atoms with Gasteiger partial charge in [-0.3, -0.25) is 4.79 Å². The maximum absolute atomic E-state index is 10.3. The molecule has 0 aromatic carbocycles. The third-order valence-electron chi connectivity index (χ3n) is 1.07. The molecule has 0 heterocycles. The first-order valence-corrected chi connectivity index (χ1v) is 3.35. The van der Waals surface area contributed by atoms with E-state index in [1.165, 1.54) is 6.92 Å². The van der Waals surface area contributed by atoms with Crippen molar-refractivity contribution < 1.29 is 33.5 Å². The Morgan fingerprint density at radius 3 is 2.09 bits per heavy atom. The molecule has 0 aliphatic heterocycles. The fourth-order valence-corrected chi connectivity index (χ4v) is 0.463. The molecule has 4 heteroatoms. The van der Waals surface area contributed by atoms with Gasteiger partial charge in [-0.15, -0.1) is 0 Å². The van der Waals surface area contributed by atoms with Gasteiger partial charge in [-0.05, 0) is 0 Å². The fraction of sp³-hybridized carbons (Fsp3) is 0.857. The average Bonchev–Trinajstić information content (AvgIpc) is 1.59. The van der Waals surface area contributed by atoms with Crippen molar-refractivity contribution in [1.82, 2.24) is 0 Å². The summed E-state index contributed by atoms with van der Waals surface area (Å²) in [7, 11) is 6.18. The van der Waals surface area contributed by atoms with E-state index < -0.39 is 0 Å². The number of hydrogen-bond acceptors (Lipinski definition) is 2. The summed E-state index contributed by atoms with van der Waals surface area (Å²) in [5.74, 6) is -0.201. The molecule has 0 N–H and O–H groups in total. The molecule has 0 bridgehead atoms. The number of likely N-dealkylation sites (N-methyl/N-ethyl adjacent to an activating group) is 1. The third kappa shape index (κ3) is 13.1. The van der Waals surface area contributed by atoms with Crippen LogP contribution >= 0.6 is 0 Å². The summed E-state index contributed by atoms with van der Waals surface area (Å²) < 4.78 is 5.59. The Bertz CT molecular complexity index is 120. The number of carbonyl (C=O) groups excluding carboxylic acids is 1. The van der Waals surface area contributed by atoms with Crippen LogP contribution in [0, 0.1) is 0 Å². The molecule has 0 aliphatic carbocycles. The summed E-state index contributed by atoms with van der Waals surface area (Å²) in [6, 6.07) is 0. The minimum Gasteiger partial charge on any atom is -0.460 e. The molecule has 0 aromatic heterocycles. The van der Waals surface area contributed by atoms with Crippen LogP contribution in [0.4, 0.5) is 0 Å². The minimum atomic E-state index is -0.201. The van der Waals surface area contributed by atoms with Gasteiger partial charge in [0.15, 0.2) is 0 Å². The Labute approximate surface area is 81.1 Å². The molecule has 11 heavy (non-hydrogen) atoms. The number of esters is 1. The van der Waals surface area contributed by atoms with E-state index in [1.54, 1.807) is 0 Å². The average molecular weight is 212 g/mol. The number of ether oxygens (including phenoxy) is 1. The SMILES string of the molecule is CC(=O)OCC[N+](C)(C)C.[Zn]. The van der Waals surface area contributed by atoms with Crippen molar-refractivity contribution in [3.8, 4) is 0 Å². The van der Waals surface area contributed by atoms with Gasteiger partial charge < -0.3 is 9.22 Å². The molecule has 0 radical (unpaired) electrons. The number of quaternary nitrogens is 1. The summed E-state index contributed by atoms with van der Waals surface area (Å²) in [5.41, 5.74) is 0. The van der Waals surface area contributed by atoms with Crippen LogP contribution in [0.25, 0.3) is 0 Å². The number of hydrogen-bond donors (Lipinski definition) is 0. The first kappa shape index (κ1) is 13.6. The normalized spacial score (nSPS) is 10.2. The van der Waals surface area contributed by atoms with E-state index in [0.717, 1.165) is 11.0 Å². The molecule has 0 saturated heterocycles. The summed E-state index contributed by atoms with van der Waals surface area (Å²) in [6.45, 7) is 2.80. The fourth-order valence-electron chi connectivity index (χ4n) is 0.463. The third-order valence-corrected chi connectivity index (χ3v) is 1.07. The Morgan fingerprint density at radius 2 is 1.82 bits per heavy atom. The molecule has 0 aromatic rings. The van der Waals surface area contributed by atoms with Gasteiger partial charge in [-0.2, -0.15) is 0 Å². The number of carbonyl (C=O) groups is 1. The molecule has 0 rings (SSSR count). The second kappa shape index (κ2) is 5.67. The van der Waals surface area contributed by atoms with Crippen LogP contribution in [0.2, 0.25) is 0 Å². The van der Waals surface area contributed by atoms with E-state index in [9.17, 15) is 4.79 Å². The van der Waals surface area contributed by atoms with Crippen molar-refractivity contribution in [1.29, 1.82) is 0 Å². The van der Waals surface area contributed by atoms with Gasteiger partial charge in [0.25, 0.3) is 0 Å². The first-order valence-electron chi connectivity index (χ1n) is 3.35. The second-order valence-corrected chi connectivity index (χ2v) is 3.35. The Hall–Kier alpha value is 0.0534. The van der Waals surface area contributed by atoms with Crippen LogP contribution in [-0.2, 0) is 29.0 Å². The second-order valence-electron chi connectivity index (χ2n) is 3.35. The quantitative estimate of drug-likeness (QED) is 0.380. The van der Waals surface area contributed by atoms with Gasteiger partial charge in [0.05, 0.1) is 21.1 Å². The summed E-state index contributed by atoms with van der Waals surface area (Å²) in [5, 5.41) is 0. The van der Waals surface area contributed by atoms with Crippen molar-refractivity contribution in [3.05, 3.63) is 0 Å². The van der Waals surface area contributed by atoms with Crippen molar-refractivity contribution in [2.75, 3.05) is 34.3 Å². The van der Waals surface area contributed by atoms with Crippen LogP contribution in [0.15, 0.2) is 0 Å². The zero-order chi connectivity index (χ0) is 8.20. The summed E-state index contributed by atoms with van der Waals surface area (Å²) in [6.07, 6.45) is 0. The predicted octanol–water partition coefficient (Wildman–Crippen LogP) is 0.253. The molecule has 0 fully saturated rings. The summed E-state index contributed by atoms with van der Waals surface area (Å²) in [4.78, 5) is 10.3. The van der Waals surface area contributed by atoms with E-state index in [-0.39, 0.29) is 25.4 Å². The molecule has 62 valence electrons. The zero-order valence-corrected chi connectivity index (χ0v) is 10.9. The van der Waals surface area contributed by atoms with Crippen LogP contribution in [0.3, 0.4) is 0 Å². The molecule has 0 atom stereocenters. The van der Waals surface area contributed by atoms with Crippen LogP contribution in [0.5, 0.6) is 0 Å². The first-order chi connectivity index (χ1) is 4.42. The standard InChI is InChI=1S/C7H16NO2.Zn/c1-7(9)10-6-5-8(2,3)4;/h5-6H2,1-4H3;/q+1;. The number of nitrogens with zero attached hydrogens (tertiary/aromatic N) is 1. The van der Waals surface area contributed by atoms with Gasteiger partial charge in [-0.25, -0.2) is 0 Å². The van der Waals surface area contributed by atoms with E-state index in [0.29, 0.717) is 6.61 Å². The van der Waals surface area contributed by atoms with E-state index in [2.05, 4.69) is 21.1 Å². The molecule has 3 nitrogen and oxygen atoms in total. The molecule has 0 aliphatic rings. The van der Waals surface area contributed by atoms with Crippen molar-refractivity contribution in [3.63, 3.8) is 0 Å². The topological polar surface area (TPSA) is 26.3 Å². The maximum atomic E-state index is 10.3. The Kier molecular flexibility index (Phi) is 7.03. The van der Waals surface area contributed by atoms with E-state index in [1.807, 2.05) is 0 Å². The van der Waals surface area contributed by atoms with Gasteiger partial charge in [0.2, 0.25) is 0 Å². The minimum absolute atomic E-state index is 0. The van der Waals surface area contributed by atoms with Crippen molar-refractivity contribution in [2.24, 2.45) is 0 Å². The predicted molar refractivity (Wildman–Crippen MR) is 39.5 cm³/mol. The number of rotatable bonds is 3. The Balaban J connectivity index is 0. The van der Waals surface area contributed by atoms with Gasteiger partial charge in [0.1, 0.15) is 13.2 Å². The van der Waals surface area contributed by atoms with Gasteiger partial charge in [-0.1, -0.05) is 0 Å². The summed E-state index contributed by atoms with van der Waals surface area (Å²) >= 11 is 0. The van der Waals surface area contributed by atoms with E-state index >= 15 is 0 Å². The van der Waals surface area contributed by atoms with Crippen LogP contribution in [0.1, 0.15) is 6.92 Å². The van der Waals surface area contributed by atoms with Crippen LogP contribution in [-0.4, -0.2) is 44.7 Å². The Morgan fingerprint density at radius 1 is 1.36 bits per heavy atom. The van der Waals surface area contributed by atoms with Crippen molar-refractivity contribution >= 4 is 5.97 Å².